The lowest BCUT2D eigenvalue weighted by Crippen LogP contribution is -2.71. The van der Waals surface area contributed by atoms with Crippen LogP contribution >= 0.6 is 0 Å². The highest BCUT2D eigenvalue weighted by molar-refractivity contribution is 5.65. The van der Waals surface area contributed by atoms with Crippen LogP contribution in [0.4, 0.5) is 0 Å². The number of benzene rings is 2. The van der Waals surface area contributed by atoms with Crippen molar-refractivity contribution in [1.29, 1.82) is 0 Å². The Bertz CT molecular complexity index is 930. The Morgan fingerprint density at radius 3 is 2.50 bits per heavy atom. The zero-order chi connectivity index (χ0) is 18.9. The van der Waals surface area contributed by atoms with Gasteiger partial charge in [-0.1, -0.05) is 42.5 Å². The maximum absolute atomic E-state index is 5.35. The molecule has 4 nitrogen and oxygen atoms in total. The Morgan fingerprint density at radius 1 is 0.964 bits per heavy atom. The summed E-state index contributed by atoms with van der Waals surface area (Å²) in [7, 11) is 1.71. The summed E-state index contributed by atoms with van der Waals surface area (Å²) in [6.07, 6.45) is 1.88. The summed E-state index contributed by atoms with van der Waals surface area (Å²) >= 11 is 0. The second kappa shape index (κ2) is 7.38. The Morgan fingerprint density at radius 2 is 1.79 bits per heavy atom. The van der Waals surface area contributed by atoms with Crippen LogP contribution in [0.2, 0.25) is 0 Å². The van der Waals surface area contributed by atoms with Gasteiger partial charge in [0.1, 0.15) is 5.75 Å². The van der Waals surface area contributed by atoms with Crippen molar-refractivity contribution in [2.24, 2.45) is 0 Å². The van der Waals surface area contributed by atoms with E-state index in [0.717, 1.165) is 31.1 Å². The number of hydrogen-bond acceptors (Lipinski definition) is 4. The Balaban J connectivity index is 1.27. The predicted molar refractivity (Wildman–Crippen MR) is 111 cm³/mol. The van der Waals surface area contributed by atoms with E-state index in [9.17, 15) is 0 Å². The highest BCUT2D eigenvalue weighted by Gasteiger charge is 2.46. The molecule has 3 atom stereocenters. The molecule has 0 radical (unpaired) electrons. The van der Waals surface area contributed by atoms with Gasteiger partial charge in [-0.25, -0.2) is 0 Å². The summed E-state index contributed by atoms with van der Waals surface area (Å²) in [5.74, 6) is 1.51. The molecule has 2 aromatic carbocycles. The SMILES string of the molecule is COc1cccc(-c2ccc(C3[C@@H]4CN(Cc5ccccn5)C[C@H]3N4)cc2)c1. The second-order valence-corrected chi connectivity index (χ2v) is 7.77. The molecule has 3 aromatic rings. The van der Waals surface area contributed by atoms with E-state index in [0.29, 0.717) is 18.0 Å². The van der Waals surface area contributed by atoms with Crippen LogP contribution in [0.3, 0.4) is 0 Å². The van der Waals surface area contributed by atoms with Gasteiger partial charge < -0.3 is 10.1 Å². The molecule has 1 N–H and O–H groups in total. The van der Waals surface area contributed by atoms with Gasteiger partial charge in [0.25, 0.3) is 0 Å². The van der Waals surface area contributed by atoms with Crippen molar-refractivity contribution in [3.05, 3.63) is 84.2 Å². The highest BCUT2D eigenvalue weighted by atomic mass is 16.5. The zero-order valence-electron chi connectivity index (χ0n) is 16.1. The molecule has 28 heavy (non-hydrogen) atoms. The minimum absolute atomic E-state index is 0.533. The van der Waals surface area contributed by atoms with Crippen LogP contribution in [0.25, 0.3) is 11.1 Å². The molecule has 4 heteroatoms. The molecule has 4 heterocycles. The number of methoxy groups -OCH3 is 1. The van der Waals surface area contributed by atoms with Crippen molar-refractivity contribution >= 4 is 0 Å². The highest BCUT2D eigenvalue weighted by Crippen LogP contribution is 2.38. The first-order valence-electron chi connectivity index (χ1n) is 9.93. The number of ether oxygens (including phenoxy) is 1. The number of nitrogens with one attached hydrogen (secondary N) is 1. The topological polar surface area (TPSA) is 37.4 Å². The van der Waals surface area contributed by atoms with Gasteiger partial charge in [0.15, 0.2) is 0 Å². The van der Waals surface area contributed by atoms with Crippen molar-refractivity contribution in [3.63, 3.8) is 0 Å². The fraction of sp³-hybridized carbons (Fsp3) is 0.292. The number of piperidine rings is 1. The molecule has 1 unspecified atom stereocenters. The third kappa shape index (κ3) is 3.30. The van der Waals surface area contributed by atoms with Crippen molar-refractivity contribution in [2.75, 3.05) is 20.2 Å². The van der Waals surface area contributed by atoms with Gasteiger partial charge in [0.05, 0.1) is 12.8 Å². The number of piperazine rings is 1. The first-order valence-corrected chi connectivity index (χ1v) is 9.93. The number of aromatic nitrogens is 1. The van der Waals surface area contributed by atoms with Gasteiger partial charge in [0, 0.05) is 43.8 Å². The molecule has 0 saturated carbocycles. The van der Waals surface area contributed by atoms with E-state index in [1.165, 1.54) is 16.7 Å². The summed E-state index contributed by atoms with van der Waals surface area (Å²) in [6, 6.07) is 24.5. The lowest BCUT2D eigenvalue weighted by Gasteiger charge is -2.55. The molecule has 0 amide bonds. The zero-order valence-corrected chi connectivity index (χ0v) is 16.1. The van der Waals surface area contributed by atoms with Gasteiger partial charge in [-0.3, -0.25) is 9.88 Å². The van der Waals surface area contributed by atoms with Crippen molar-refractivity contribution < 1.29 is 4.74 Å². The van der Waals surface area contributed by atoms with E-state index in [2.05, 4.69) is 63.7 Å². The molecule has 3 aliphatic rings. The van der Waals surface area contributed by atoms with E-state index in [-0.39, 0.29) is 0 Å². The lowest BCUT2D eigenvalue weighted by atomic mass is 9.74. The number of fused-ring (bicyclic) bond motifs is 2. The van der Waals surface area contributed by atoms with Gasteiger partial charge >= 0.3 is 0 Å². The minimum atomic E-state index is 0.533. The molecule has 6 rings (SSSR count). The maximum Gasteiger partial charge on any atom is 0.119 e. The average molecular weight is 371 g/mol. The Kier molecular flexibility index (Phi) is 4.59. The summed E-state index contributed by atoms with van der Waals surface area (Å²) in [5, 5.41) is 3.73. The molecule has 3 saturated heterocycles. The average Bonchev–Trinajstić information content (AvgIpc) is 2.75. The smallest absolute Gasteiger partial charge is 0.119 e. The first-order chi connectivity index (χ1) is 13.8. The van der Waals surface area contributed by atoms with Gasteiger partial charge in [-0.05, 0) is 41.0 Å². The molecule has 2 bridgehead atoms. The molecule has 3 aliphatic heterocycles. The molecular formula is C24H25N3O. The minimum Gasteiger partial charge on any atom is -0.497 e. The monoisotopic (exact) mass is 371 g/mol. The normalized spacial score (nSPS) is 23.8. The quantitative estimate of drug-likeness (QED) is 0.742. The number of nitrogens with zero attached hydrogens (tertiary/aromatic N) is 2. The number of rotatable bonds is 5. The second-order valence-electron chi connectivity index (χ2n) is 7.77. The lowest BCUT2D eigenvalue weighted by molar-refractivity contribution is 0.0463. The predicted octanol–water partition coefficient (Wildman–Crippen LogP) is 3.70. The fourth-order valence-electron chi connectivity index (χ4n) is 4.62. The third-order valence-electron chi connectivity index (χ3n) is 6.02. The van der Waals surface area contributed by atoms with Crippen LogP contribution < -0.4 is 10.1 Å². The van der Waals surface area contributed by atoms with Crippen LogP contribution in [0.5, 0.6) is 5.75 Å². The third-order valence-corrected chi connectivity index (χ3v) is 6.02. The van der Waals surface area contributed by atoms with Crippen LogP contribution in [0.1, 0.15) is 17.2 Å². The van der Waals surface area contributed by atoms with Crippen LogP contribution in [-0.4, -0.2) is 42.2 Å². The fourth-order valence-corrected chi connectivity index (χ4v) is 4.62. The number of hydrogen-bond donors (Lipinski definition) is 1. The first kappa shape index (κ1) is 17.4. The molecule has 1 aromatic heterocycles. The van der Waals surface area contributed by atoms with Crippen LogP contribution in [0.15, 0.2) is 72.9 Å². The van der Waals surface area contributed by atoms with Gasteiger partial charge in [0.2, 0.25) is 0 Å². The molecule has 0 spiro atoms. The summed E-state index contributed by atoms with van der Waals surface area (Å²) in [4.78, 5) is 6.99. The molecule has 3 fully saturated rings. The van der Waals surface area contributed by atoms with E-state index >= 15 is 0 Å². The molecule has 0 aliphatic carbocycles. The largest absolute Gasteiger partial charge is 0.497 e. The summed E-state index contributed by atoms with van der Waals surface area (Å²) < 4.78 is 5.35. The summed E-state index contributed by atoms with van der Waals surface area (Å²) in [6.45, 7) is 3.10. The van der Waals surface area contributed by atoms with E-state index in [1.807, 2.05) is 24.4 Å². The van der Waals surface area contributed by atoms with Crippen molar-refractivity contribution in [3.8, 4) is 16.9 Å². The molecular weight excluding hydrogens is 346 g/mol. The van der Waals surface area contributed by atoms with E-state index < -0.39 is 0 Å². The Labute approximate surface area is 166 Å². The van der Waals surface area contributed by atoms with Crippen LogP contribution in [0, 0.1) is 0 Å². The van der Waals surface area contributed by atoms with Gasteiger partial charge in [-0.15, -0.1) is 0 Å². The molecule has 142 valence electrons. The number of pyridine rings is 1. The van der Waals surface area contributed by atoms with Gasteiger partial charge in [-0.2, -0.15) is 0 Å². The van der Waals surface area contributed by atoms with Crippen molar-refractivity contribution in [1.82, 2.24) is 15.2 Å². The van der Waals surface area contributed by atoms with E-state index in [4.69, 9.17) is 4.74 Å². The standard InChI is InChI=1S/C24H25N3O/c1-28-21-7-4-5-19(13-21)17-8-10-18(11-9-17)24-22-15-27(16-23(24)26-22)14-20-6-2-3-12-25-20/h2-13,22-24,26H,14-16H2,1H3/t22-,23+,24?. The van der Waals surface area contributed by atoms with E-state index in [1.54, 1.807) is 7.11 Å². The van der Waals surface area contributed by atoms with Crippen molar-refractivity contribution in [2.45, 2.75) is 24.5 Å². The van der Waals surface area contributed by atoms with Crippen LogP contribution in [-0.2, 0) is 6.54 Å². The maximum atomic E-state index is 5.35. The summed E-state index contributed by atoms with van der Waals surface area (Å²) in [5.41, 5.74) is 5.03. The Hall–Kier alpha value is -2.69.